The summed E-state index contributed by atoms with van der Waals surface area (Å²) in [5, 5.41) is 0. The van der Waals surface area contributed by atoms with E-state index in [1.165, 1.54) is 193 Å². The minimum absolute atomic E-state index is 0.0800. The van der Waals surface area contributed by atoms with Crippen molar-refractivity contribution in [3.8, 4) is 0 Å². The van der Waals surface area contributed by atoms with Gasteiger partial charge in [-0.25, -0.2) is 0 Å². The highest BCUT2D eigenvalue weighted by Gasteiger charge is 2.17. The van der Waals surface area contributed by atoms with Crippen molar-refractivity contribution in [2.24, 2.45) is 0 Å². The molecule has 0 aromatic carbocycles. The quantitative estimate of drug-likeness (QED) is 0.0345. The van der Waals surface area contributed by atoms with E-state index in [9.17, 15) is 9.59 Å². The van der Waals surface area contributed by atoms with E-state index >= 15 is 0 Å². The molecule has 0 aliphatic heterocycles. The Labute approximate surface area is 424 Å². The standard InChI is InChI=1S/C63H114O5/c1-4-7-10-13-16-19-22-25-28-31-34-37-40-43-46-49-52-55-58-66-59-61(68-63(65)57-54-51-48-45-42-39-36-33-30-27-24-21-18-15-12-9-6-3)60-67-62(64)56-53-50-47-44-41-38-35-32-29-26-23-20-17-14-11-8-5-2/h8,11,16-17,19-20,25-26,28-29,61H,4-7,9-10,12-15,18,21-24,27,30-60H2,1-3H3/b11-8-,19-16-,20-17-,28-25-,29-26-. The lowest BCUT2D eigenvalue weighted by molar-refractivity contribution is -0.163. The van der Waals surface area contributed by atoms with Gasteiger partial charge in [0.2, 0.25) is 0 Å². The molecule has 0 radical (unpaired) electrons. The van der Waals surface area contributed by atoms with Crippen molar-refractivity contribution in [3.05, 3.63) is 60.8 Å². The molecular formula is C63H114O5. The zero-order valence-electron chi connectivity index (χ0n) is 45.6. The van der Waals surface area contributed by atoms with Crippen molar-refractivity contribution >= 4 is 11.9 Å². The van der Waals surface area contributed by atoms with Gasteiger partial charge in [-0.3, -0.25) is 9.59 Å². The van der Waals surface area contributed by atoms with Crippen LogP contribution in [0.5, 0.6) is 0 Å². The van der Waals surface area contributed by atoms with E-state index in [1.807, 2.05) is 0 Å². The van der Waals surface area contributed by atoms with Crippen LogP contribution in [0.3, 0.4) is 0 Å². The zero-order chi connectivity index (χ0) is 49.2. The smallest absolute Gasteiger partial charge is 0.306 e. The molecule has 0 bridgehead atoms. The summed E-state index contributed by atoms with van der Waals surface area (Å²) in [6.45, 7) is 7.72. The van der Waals surface area contributed by atoms with Crippen LogP contribution in [0, 0.1) is 0 Å². The molecule has 0 N–H and O–H groups in total. The van der Waals surface area contributed by atoms with Gasteiger partial charge < -0.3 is 14.2 Å². The molecule has 0 aliphatic rings. The Morgan fingerprint density at radius 2 is 0.662 bits per heavy atom. The number of carbonyl (C=O) groups excluding carboxylic acids is 2. The molecule has 0 saturated carbocycles. The lowest BCUT2D eigenvalue weighted by atomic mass is 10.0. The van der Waals surface area contributed by atoms with E-state index in [-0.39, 0.29) is 25.2 Å². The summed E-state index contributed by atoms with van der Waals surface area (Å²) in [5.41, 5.74) is 0. The van der Waals surface area contributed by atoms with Crippen LogP contribution >= 0.6 is 0 Å². The SMILES string of the molecule is CC/C=C\C/C=C\C/C=C\CCCCCCCCCC(=O)OCC(COCCCCCCCCCC/C=C\C/C=C\CCCCC)OC(=O)CCCCCCCCCCCCCCCCCCC. The number of rotatable bonds is 55. The lowest BCUT2D eigenvalue weighted by Crippen LogP contribution is -2.30. The predicted octanol–water partition coefficient (Wildman–Crippen LogP) is 20.5. The summed E-state index contributed by atoms with van der Waals surface area (Å²) in [6, 6.07) is 0. The van der Waals surface area contributed by atoms with Gasteiger partial charge in [0, 0.05) is 19.4 Å². The number of esters is 2. The average molecular weight is 952 g/mol. The summed E-state index contributed by atoms with van der Waals surface area (Å²) < 4.78 is 17.5. The maximum absolute atomic E-state index is 12.9. The number of allylic oxidation sites excluding steroid dienone is 10. The first-order valence-electron chi connectivity index (χ1n) is 29.8. The topological polar surface area (TPSA) is 61.8 Å². The second-order valence-electron chi connectivity index (χ2n) is 19.9. The predicted molar refractivity (Wildman–Crippen MR) is 298 cm³/mol. The normalized spacial score (nSPS) is 12.6. The molecule has 0 amide bonds. The molecule has 5 nitrogen and oxygen atoms in total. The second-order valence-corrected chi connectivity index (χ2v) is 19.9. The van der Waals surface area contributed by atoms with Gasteiger partial charge in [0.1, 0.15) is 6.61 Å². The maximum atomic E-state index is 12.9. The Balaban J connectivity index is 4.27. The molecule has 0 aromatic heterocycles. The fourth-order valence-electron chi connectivity index (χ4n) is 8.62. The van der Waals surface area contributed by atoms with Crippen molar-refractivity contribution in [2.75, 3.05) is 19.8 Å². The summed E-state index contributed by atoms with van der Waals surface area (Å²) in [5.74, 6) is -0.396. The monoisotopic (exact) mass is 951 g/mol. The molecule has 0 saturated heterocycles. The van der Waals surface area contributed by atoms with Crippen molar-refractivity contribution in [1.29, 1.82) is 0 Å². The van der Waals surface area contributed by atoms with Crippen LogP contribution in [0.4, 0.5) is 0 Å². The van der Waals surface area contributed by atoms with Gasteiger partial charge in [0.15, 0.2) is 6.10 Å². The van der Waals surface area contributed by atoms with Gasteiger partial charge in [0.25, 0.3) is 0 Å². The maximum Gasteiger partial charge on any atom is 0.306 e. The fraction of sp³-hybridized carbons (Fsp3) is 0.810. The Morgan fingerprint density at radius 1 is 0.338 bits per heavy atom. The molecule has 68 heavy (non-hydrogen) atoms. The second kappa shape index (κ2) is 58.9. The van der Waals surface area contributed by atoms with Crippen LogP contribution in [0.15, 0.2) is 60.8 Å². The zero-order valence-corrected chi connectivity index (χ0v) is 45.6. The largest absolute Gasteiger partial charge is 0.462 e. The van der Waals surface area contributed by atoms with Crippen LogP contribution in [-0.2, 0) is 23.8 Å². The van der Waals surface area contributed by atoms with Crippen molar-refractivity contribution in [2.45, 2.75) is 309 Å². The average Bonchev–Trinajstić information content (AvgIpc) is 3.34. The lowest BCUT2D eigenvalue weighted by Gasteiger charge is -2.18. The molecule has 0 rings (SSSR count). The molecule has 5 heteroatoms. The first-order chi connectivity index (χ1) is 33.6. The summed E-state index contributed by atoms with van der Waals surface area (Å²) in [4.78, 5) is 25.6. The van der Waals surface area contributed by atoms with Crippen LogP contribution in [0.1, 0.15) is 303 Å². The Kier molecular flexibility index (Phi) is 56.8. The third kappa shape index (κ3) is 56.2. The van der Waals surface area contributed by atoms with E-state index in [2.05, 4.69) is 81.5 Å². The number of carbonyl (C=O) groups is 2. The molecule has 0 aliphatic carbocycles. The van der Waals surface area contributed by atoms with Gasteiger partial charge in [-0.2, -0.15) is 0 Å². The number of unbranched alkanes of at least 4 members (excludes halogenated alkanes) is 34. The van der Waals surface area contributed by atoms with Crippen LogP contribution in [0.2, 0.25) is 0 Å². The fourth-order valence-corrected chi connectivity index (χ4v) is 8.62. The van der Waals surface area contributed by atoms with Crippen LogP contribution < -0.4 is 0 Å². The minimum atomic E-state index is -0.543. The van der Waals surface area contributed by atoms with Crippen molar-refractivity contribution in [3.63, 3.8) is 0 Å². The third-order valence-electron chi connectivity index (χ3n) is 13.0. The molecule has 0 spiro atoms. The van der Waals surface area contributed by atoms with E-state index in [4.69, 9.17) is 14.2 Å². The van der Waals surface area contributed by atoms with E-state index in [0.717, 1.165) is 77.0 Å². The molecule has 396 valence electrons. The molecule has 0 heterocycles. The van der Waals surface area contributed by atoms with E-state index in [0.29, 0.717) is 19.4 Å². The number of hydrogen-bond acceptors (Lipinski definition) is 5. The molecule has 0 fully saturated rings. The highest BCUT2D eigenvalue weighted by atomic mass is 16.6. The van der Waals surface area contributed by atoms with Gasteiger partial charge in [-0.1, -0.05) is 268 Å². The van der Waals surface area contributed by atoms with E-state index < -0.39 is 6.10 Å². The summed E-state index contributed by atoms with van der Waals surface area (Å²) in [7, 11) is 0. The van der Waals surface area contributed by atoms with Gasteiger partial charge >= 0.3 is 11.9 Å². The molecule has 1 unspecified atom stereocenters. The van der Waals surface area contributed by atoms with Gasteiger partial charge in [-0.15, -0.1) is 0 Å². The Bertz CT molecular complexity index is 1170. The van der Waals surface area contributed by atoms with Crippen molar-refractivity contribution < 1.29 is 23.8 Å². The van der Waals surface area contributed by atoms with Gasteiger partial charge in [0.05, 0.1) is 6.61 Å². The Morgan fingerprint density at radius 3 is 1.09 bits per heavy atom. The molecule has 0 aromatic rings. The van der Waals surface area contributed by atoms with Crippen LogP contribution in [0.25, 0.3) is 0 Å². The first-order valence-corrected chi connectivity index (χ1v) is 29.8. The summed E-state index contributed by atoms with van der Waals surface area (Å²) >= 11 is 0. The van der Waals surface area contributed by atoms with E-state index in [1.54, 1.807) is 0 Å². The first kappa shape index (κ1) is 65.6. The minimum Gasteiger partial charge on any atom is -0.462 e. The molecular weight excluding hydrogens is 837 g/mol. The Hall–Kier alpha value is -2.40. The highest BCUT2D eigenvalue weighted by Crippen LogP contribution is 2.16. The van der Waals surface area contributed by atoms with Crippen molar-refractivity contribution in [1.82, 2.24) is 0 Å². The highest BCUT2D eigenvalue weighted by molar-refractivity contribution is 5.70. The number of ether oxygens (including phenoxy) is 3. The van der Waals surface area contributed by atoms with Crippen LogP contribution in [-0.4, -0.2) is 37.9 Å². The molecule has 1 atom stereocenters. The third-order valence-corrected chi connectivity index (χ3v) is 13.0. The van der Waals surface area contributed by atoms with Gasteiger partial charge in [-0.05, 0) is 83.5 Å². The summed E-state index contributed by atoms with van der Waals surface area (Å²) in [6.07, 6.45) is 75.3. The number of hydrogen-bond donors (Lipinski definition) is 0.